The van der Waals surface area contributed by atoms with E-state index in [4.69, 9.17) is 9.47 Å². The molecule has 166 valence electrons. The van der Waals surface area contributed by atoms with Gasteiger partial charge in [0, 0.05) is 30.6 Å². The zero-order valence-corrected chi connectivity index (χ0v) is 19.8. The summed E-state index contributed by atoms with van der Waals surface area (Å²) in [5.41, 5.74) is 0.495. The molecule has 0 unspecified atom stereocenters. The molecule has 1 saturated heterocycles. The van der Waals surface area contributed by atoms with Crippen LogP contribution in [0, 0.1) is 6.92 Å². The maximum Gasteiger partial charge on any atom is 0.410 e. The minimum atomic E-state index is -0.506. The number of benzene rings is 1. The van der Waals surface area contributed by atoms with Gasteiger partial charge >= 0.3 is 6.09 Å². The number of likely N-dealkylation sites (tertiary alicyclic amines) is 1. The Hall–Kier alpha value is -2.39. The third-order valence-corrected chi connectivity index (χ3v) is 6.88. The maximum atomic E-state index is 12.5. The minimum absolute atomic E-state index is 0.0302. The average molecular weight is 462 g/mol. The van der Waals surface area contributed by atoms with Crippen molar-refractivity contribution in [3.63, 3.8) is 0 Å². The summed E-state index contributed by atoms with van der Waals surface area (Å²) in [6.07, 6.45) is 1.10. The Kier molecular flexibility index (Phi) is 6.07. The highest BCUT2D eigenvalue weighted by Gasteiger charge is 2.27. The van der Waals surface area contributed by atoms with E-state index in [9.17, 15) is 9.59 Å². The van der Waals surface area contributed by atoms with Crippen LogP contribution in [0.3, 0.4) is 0 Å². The molecule has 0 radical (unpaired) electrons. The first-order valence-corrected chi connectivity index (χ1v) is 12.1. The summed E-state index contributed by atoms with van der Waals surface area (Å²) in [5, 5.41) is 7.05. The summed E-state index contributed by atoms with van der Waals surface area (Å²) in [6, 6.07) is 4.01. The van der Waals surface area contributed by atoms with Crippen LogP contribution in [0.15, 0.2) is 17.5 Å². The number of carbonyl (C=O) groups is 2. The Morgan fingerprint density at radius 1 is 1.29 bits per heavy atom. The molecule has 0 atom stereocenters. The van der Waals surface area contributed by atoms with E-state index in [1.165, 1.54) is 0 Å². The van der Waals surface area contributed by atoms with Crippen LogP contribution in [0.5, 0.6) is 5.75 Å². The number of ether oxygens (including phenoxy) is 2. The molecule has 0 spiro atoms. The predicted molar refractivity (Wildman–Crippen MR) is 124 cm³/mol. The van der Waals surface area contributed by atoms with Gasteiger partial charge in [0.1, 0.15) is 11.4 Å². The molecule has 3 aromatic rings. The summed E-state index contributed by atoms with van der Waals surface area (Å²) < 4.78 is 13.5. The third kappa shape index (κ3) is 5.10. The van der Waals surface area contributed by atoms with E-state index in [1.807, 2.05) is 45.2 Å². The van der Waals surface area contributed by atoms with Gasteiger partial charge in [-0.05, 0) is 52.0 Å². The van der Waals surface area contributed by atoms with Gasteiger partial charge in [-0.2, -0.15) is 0 Å². The number of rotatable bonds is 4. The Morgan fingerprint density at radius 2 is 2.03 bits per heavy atom. The van der Waals surface area contributed by atoms with E-state index in [1.54, 1.807) is 27.6 Å². The van der Waals surface area contributed by atoms with Crippen molar-refractivity contribution in [1.82, 2.24) is 15.2 Å². The largest absolute Gasteiger partial charge is 0.483 e. The van der Waals surface area contributed by atoms with Crippen molar-refractivity contribution in [2.24, 2.45) is 0 Å². The van der Waals surface area contributed by atoms with Crippen molar-refractivity contribution >= 4 is 55.0 Å². The monoisotopic (exact) mass is 461 g/mol. The van der Waals surface area contributed by atoms with Gasteiger partial charge in [0.25, 0.3) is 5.91 Å². The molecule has 2 amide bonds. The summed E-state index contributed by atoms with van der Waals surface area (Å²) in [4.78, 5) is 31.0. The lowest BCUT2D eigenvalue weighted by Gasteiger charge is -2.33. The number of hydrogen-bond donors (Lipinski definition) is 1. The molecule has 2 aromatic heterocycles. The zero-order chi connectivity index (χ0) is 22.2. The van der Waals surface area contributed by atoms with Crippen LogP contribution in [0.25, 0.3) is 20.3 Å². The zero-order valence-electron chi connectivity index (χ0n) is 18.2. The Balaban J connectivity index is 1.31. The van der Waals surface area contributed by atoms with Gasteiger partial charge in [0.15, 0.2) is 6.61 Å². The first kappa shape index (κ1) is 21.8. The van der Waals surface area contributed by atoms with Crippen LogP contribution in [0.1, 0.15) is 38.6 Å². The normalized spacial score (nSPS) is 15.4. The number of thiazole rings is 1. The number of fused-ring (bicyclic) bond motifs is 3. The number of aromatic nitrogens is 1. The highest BCUT2D eigenvalue weighted by atomic mass is 32.1. The fraction of sp³-hybridized carbons (Fsp3) is 0.500. The SMILES string of the molecule is Cc1nc2c(cc(OCC(=O)NC3CCN(C(=O)OC(C)(C)C)CC3)c3ccsc32)s1. The summed E-state index contributed by atoms with van der Waals surface area (Å²) in [6.45, 7) is 8.66. The number of hydrogen-bond acceptors (Lipinski definition) is 7. The molecule has 0 saturated carbocycles. The van der Waals surface area contributed by atoms with E-state index in [-0.39, 0.29) is 24.6 Å². The lowest BCUT2D eigenvalue weighted by Crippen LogP contribution is -2.48. The Labute approximate surface area is 189 Å². The number of thiophene rings is 1. The molecule has 7 nitrogen and oxygen atoms in total. The summed E-state index contributed by atoms with van der Waals surface area (Å²) in [5.74, 6) is 0.557. The van der Waals surface area contributed by atoms with E-state index < -0.39 is 5.60 Å². The number of nitrogens with one attached hydrogen (secondary N) is 1. The van der Waals surface area contributed by atoms with E-state index in [0.717, 1.165) is 25.3 Å². The van der Waals surface area contributed by atoms with Crippen LogP contribution in [0.4, 0.5) is 4.79 Å². The van der Waals surface area contributed by atoms with Crippen molar-refractivity contribution in [1.29, 1.82) is 0 Å². The lowest BCUT2D eigenvalue weighted by atomic mass is 10.1. The molecule has 1 aromatic carbocycles. The molecule has 31 heavy (non-hydrogen) atoms. The van der Waals surface area contributed by atoms with Gasteiger partial charge in [-0.1, -0.05) is 0 Å². The molecular weight excluding hydrogens is 434 g/mol. The van der Waals surface area contributed by atoms with Crippen LogP contribution >= 0.6 is 22.7 Å². The summed E-state index contributed by atoms with van der Waals surface area (Å²) in [7, 11) is 0. The van der Waals surface area contributed by atoms with Crippen molar-refractivity contribution in [2.75, 3.05) is 19.7 Å². The molecule has 1 aliphatic heterocycles. The second-order valence-electron chi connectivity index (χ2n) is 8.72. The standard InChI is InChI=1S/C22H27N3O4S2/c1-13-23-19-17(31-13)11-16(15-7-10-30-20(15)19)28-12-18(26)24-14-5-8-25(9-6-14)21(27)29-22(2,3)4/h7,10-11,14H,5-6,8-9,12H2,1-4H3,(H,24,26). The number of nitrogens with zero attached hydrogens (tertiary/aromatic N) is 2. The van der Waals surface area contributed by atoms with Crippen LogP contribution < -0.4 is 10.1 Å². The topological polar surface area (TPSA) is 80.8 Å². The quantitative estimate of drug-likeness (QED) is 0.608. The number of aryl methyl sites for hydroxylation is 1. The number of amides is 2. The predicted octanol–water partition coefficient (Wildman–Crippen LogP) is 4.71. The maximum absolute atomic E-state index is 12.5. The first-order chi connectivity index (χ1) is 14.7. The van der Waals surface area contributed by atoms with E-state index >= 15 is 0 Å². The third-order valence-electron chi connectivity index (χ3n) is 5.04. The van der Waals surface area contributed by atoms with Crippen molar-refractivity contribution in [3.8, 4) is 5.75 Å². The first-order valence-electron chi connectivity index (χ1n) is 10.4. The molecule has 4 rings (SSSR count). The number of piperidine rings is 1. The fourth-order valence-corrected chi connectivity index (χ4v) is 5.48. The van der Waals surface area contributed by atoms with Crippen LogP contribution in [0.2, 0.25) is 0 Å². The van der Waals surface area contributed by atoms with Crippen LogP contribution in [-0.2, 0) is 9.53 Å². The molecule has 3 heterocycles. The summed E-state index contributed by atoms with van der Waals surface area (Å²) >= 11 is 3.26. The molecule has 1 aliphatic rings. The van der Waals surface area contributed by atoms with Gasteiger partial charge in [0.05, 0.1) is 19.9 Å². The molecule has 0 bridgehead atoms. The van der Waals surface area contributed by atoms with E-state index in [0.29, 0.717) is 31.7 Å². The van der Waals surface area contributed by atoms with Crippen molar-refractivity contribution in [3.05, 3.63) is 22.5 Å². The molecule has 1 fully saturated rings. The van der Waals surface area contributed by atoms with Gasteiger partial charge in [-0.3, -0.25) is 4.79 Å². The van der Waals surface area contributed by atoms with Crippen molar-refractivity contribution < 1.29 is 19.1 Å². The van der Waals surface area contributed by atoms with Gasteiger partial charge in [-0.15, -0.1) is 22.7 Å². The molecular formula is C22H27N3O4S2. The van der Waals surface area contributed by atoms with Crippen molar-refractivity contribution in [2.45, 2.75) is 52.2 Å². The smallest absolute Gasteiger partial charge is 0.410 e. The second-order valence-corrected chi connectivity index (χ2v) is 10.9. The van der Waals surface area contributed by atoms with Crippen LogP contribution in [-0.4, -0.2) is 53.2 Å². The Morgan fingerprint density at radius 3 is 2.74 bits per heavy atom. The average Bonchev–Trinajstić information content (AvgIpc) is 3.31. The van der Waals surface area contributed by atoms with E-state index in [2.05, 4.69) is 10.3 Å². The second kappa shape index (κ2) is 8.63. The fourth-order valence-electron chi connectivity index (χ4n) is 3.65. The lowest BCUT2D eigenvalue weighted by molar-refractivity contribution is -0.124. The van der Waals surface area contributed by atoms with Gasteiger partial charge < -0.3 is 19.7 Å². The highest BCUT2D eigenvalue weighted by Crippen LogP contribution is 2.38. The number of carbonyl (C=O) groups excluding carboxylic acids is 2. The minimum Gasteiger partial charge on any atom is -0.483 e. The molecule has 0 aliphatic carbocycles. The van der Waals surface area contributed by atoms with Gasteiger partial charge in [-0.25, -0.2) is 9.78 Å². The Bertz CT molecular complexity index is 1110. The highest BCUT2D eigenvalue weighted by molar-refractivity contribution is 7.21. The molecule has 9 heteroatoms. The van der Waals surface area contributed by atoms with Gasteiger partial charge in [0.2, 0.25) is 0 Å². The molecule has 1 N–H and O–H groups in total.